The first-order valence-electron chi connectivity index (χ1n) is 9.57. The number of carbonyl (C=O) groups excluding carboxylic acids is 1. The van der Waals surface area contributed by atoms with Gasteiger partial charge in [-0.05, 0) is 49.4 Å². The predicted octanol–water partition coefficient (Wildman–Crippen LogP) is 2.99. The van der Waals surface area contributed by atoms with E-state index in [0.29, 0.717) is 11.4 Å². The fourth-order valence-electron chi connectivity index (χ4n) is 3.33. The van der Waals surface area contributed by atoms with Crippen LogP contribution in [0.15, 0.2) is 60.9 Å². The zero-order valence-corrected chi connectivity index (χ0v) is 16.2. The molecular formula is C22H23N5O2. The molecule has 7 nitrogen and oxygen atoms in total. The summed E-state index contributed by atoms with van der Waals surface area (Å²) in [5, 5.41) is 9.55. The molecule has 0 spiro atoms. The van der Waals surface area contributed by atoms with Crippen molar-refractivity contribution in [1.82, 2.24) is 20.6 Å². The molecule has 0 radical (unpaired) electrons. The Kier molecular flexibility index (Phi) is 5.67. The Morgan fingerprint density at radius 3 is 2.72 bits per heavy atom. The van der Waals surface area contributed by atoms with Crippen LogP contribution in [0.2, 0.25) is 0 Å². The number of hydrogen-bond acceptors (Lipinski definition) is 6. The second-order valence-corrected chi connectivity index (χ2v) is 6.85. The Morgan fingerprint density at radius 2 is 1.97 bits per heavy atom. The molecule has 1 aliphatic rings. The van der Waals surface area contributed by atoms with Crippen molar-refractivity contribution in [3.8, 4) is 17.0 Å². The van der Waals surface area contributed by atoms with Crippen LogP contribution in [0, 0.1) is 0 Å². The highest BCUT2D eigenvalue weighted by atomic mass is 16.5. The second-order valence-electron chi connectivity index (χ2n) is 6.85. The van der Waals surface area contributed by atoms with Crippen molar-refractivity contribution in [3.63, 3.8) is 0 Å². The normalized spacial score (nSPS) is 15.7. The van der Waals surface area contributed by atoms with Gasteiger partial charge in [0, 0.05) is 35.5 Å². The maximum atomic E-state index is 12.3. The first-order valence-corrected chi connectivity index (χ1v) is 9.57. The summed E-state index contributed by atoms with van der Waals surface area (Å²) in [5.74, 6) is 1.37. The zero-order valence-electron chi connectivity index (χ0n) is 16.2. The molecule has 0 aliphatic carbocycles. The first-order chi connectivity index (χ1) is 14.2. The van der Waals surface area contributed by atoms with Crippen LogP contribution in [0.1, 0.15) is 16.8 Å². The van der Waals surface area contributed by atoms with Gasteiger partial charge in [0.25, 0.3) is 5.91 Å². The van der Waals surface area contributed by atoms with E-state index in [1.165, 1.54) is 6.33 Å². The summed E-state index contributed by atoms with van der Waals surface area (Å²) in [6.07, 6.45) is 2.48. The number of nitrogens with one attached hydrogen (secondary N) is 3. The van der Waals surface area contributed by atoms with E-state index in [1.54, 1.807) is 7.11 Å². The molecule has 1 saturated heterocycles. The summed E-state index contributed by atoms with van der Waals surface area (Å²) in [6.45, 7) is 1.78. The molecule has 4 rings (SSSR count). The molecule has 1 amide bonds. The van der Waals surface area contributed by atoms with E-state index in [1.807, 2.05) is 54.6 Å². The number of para-hydroxylation sites is 1. The van der Waals surface area contributed by atoms with Gasteiger partial charge < -0.3 is 20.7 Å². The molecule has 2 aromatic carbocycles. The molecule has 29 heavy (non-hydrogen) atoms. The maximum Gasteiger partial charge on any atom is 0.251 e. The number of amides is 1. The highest BCUT2D eigenvalue weighted by Crippen LogP contribution is 2.29. The summed E-state index contributed by atoms with van der Waals surface area (Å²) in [7, 11) is 1.64. The van der Waals surface area contributed by atoms with E-state index in [9.17, 15) is 4.79 Å². The van der Waals surface area contributed by atoms with Crippen molar-refractivity contribution in [3.05, 3.63) is 66.5 Å². The molecule has 3 aromatic rings. The summed E-state index contributed by atoms with van der Waals surface area (Å²) >= 11 is 0. The topological polar surface area (TPSA) is 88.2 Å². The highest BCUT2D eigenvalue weighted by Gasteiger charge is 2.17. The van der Waals surface area contributed by atoms with Gasteiger partial charge in [0.15, 0.2) is 0 Å². The standard InChI is InChI=1S/C22H23N5O2/c1-29-20-5-3-2-4-18(20)19-12-21(25-14-24-19)26-16-8-6-15(7-9-16)22(28)27-17-10-11-23-13-17/h2-9,12,14,17,23H,10-11,13H2,1H3,(H,27,28)(H,24,25,26). The quantitative estimate of drug-likeness (QED) is 0.601. The first kappa shape index (κ1) is 18.9. The average Bonchev–Trinajstić information content (AvgIpc) is 3.27. The van der Waals surface area contributed by atoms with Crippen molar-refractivity contribution in [1.29, 1.82) is 0 Å². The van der Waals surface area contributed by atoms with Gasteiger partial charge in [0.2, 0.25) is 0 Å². The van der Waals surface area contributed by atoms with Gasteiger partial charge in [-0.25, -0.2) is 9.97 Å². The third-order valence-corrected chi connectivity index (χ3v) is 4.87. The van der Waals surface area contributed by atoms with E-state index in [0.717, 1.165) is 42.2 Å². The molecule has 148 valence electrons. The summed E-state index contributed by atoms with van der Waals surface area (Å²) in [6, 6.07) is 17.1. The molecule has 1 unspecified atom stereocenters. The van der Waals surface area contributed by atoms with Crippen LogP contribution < -0.4 is 20.7 Å². The Bertz CT molecular complexity index is 985. The fourth-order valence-corrected chi connectivity index (χ4v) is 3.33. The van der Waals surface area contributed by atoms with Gasteiger partial charge in [-0.1, -0.05) is 12.1 Å². The lowest BCUT2D eigenvalue weighted by atomic mass is 10.1. The van der Waals surface area contributed by atoms with E-state index in [4.69, 9.17) is 4.74 Å². The molecular weight excluding hydrogens is 366 g/mol. The smallest absolute Gasteiger partial charge is 0.251 e. The number of anilines is 2. The molecule has 1 aliphatic heterocycles. The number of hydrogen-bond donors (Lipinski definition) is 3. The van der Waals surface area contributed by atoms with E-state index in [-0.39, 0.29) is 11.9 Å². The van der Waals surface area contributed by atoms with Gasteiger partial charge in [0.1, 0.15) is 17.9 Å². The third kappa shape index (κ3) is 4.52. The SMILES string of the molecule is COc1ccccc1-c1cc(Nc2ccc(C(=O)NC3CCNC3)cc2)ncn1. The van der Waals surface area contributed by atoms with Crippen LogP contribution >= 0.6 is 0 Å². The molecule has 0 bridgehead atoms. The maximum absolute atomic E-state index is 12.3. The molecule has 2 heterocycles. The van der Waals surface area contributed by atoms with E-state index in [2.05, 4.69) is 25.9 Å². The number of carbonyl (C=O) groups is 1. The summed E-state index contributed by atoms with van der Waals surface area (Å²) in [5.41, 5.74) is 3.14. The van der Waals surface area contributed by atoms with Crippen molar-refractivity contribution in [2.45, 2.75) is 12.5 Å². The molecule has 1 atom stereocenters. The molecule has 1 fully saturated rings. The van der Waals surface area contributed by atoms with Crippen LogP contribution in [0.3, 0.4) is 0 Å². The number of rotatable bonds is 6. The number of methoxy groups -OCH3 is 1. The molecule has 1 aromatic heterocycles. The third-order valence-electron chi connectivity index (χ3n) is 4.87. The monoisotopic (exact) mass is 389 g/mol. The zero-order chi connectivity index (χ0) is 20.1. The number of nitrogens with zero attached hydrogens (tertiary/aromatic N) is 2. The summed E-state index contributed by atoms with van der Waals surface area (Å²) < 4.78 is 5.42. The number of aromatic nitrogens is 2. The Morgan fingerprint density at radius 1 is 1.14 bits per heavy atom. The fraction of sp³-hybridized carbons (Fsp3) is 0.227. The van der Waals surface area contributed by atoms with Gasteiger partial charge in [-0.2, -0.15) is 0 Å². The number of ether oxygens (including phenoxy) is 1. The van der Waals surface area contributed by atoms with Crippen LogP contribution in [-0.2, 0) is 0 Å². The lowest BCUT2D eigenvalue weighted by Crippen LogP contribution is -2.36. The minimum absolute atomic E-state index is 0.0502. The molecule has 7 heteroatoms. The summed E-state index contributed by atoms with van der Waals surface area (Å²) in [4.78, 5) is 21.0. The van der Waals surface area contributed by atoms with Gasteiger partial charge in [-0.3, -0.25) is 4.79 Å². The largest absolute Gasteiger partial charge is 0.496 e. The second kappa shape index (κ2) is 8.70. The van der Waals surface area contributed by atoms with E-state index >= 15 is 0 Å². The van der Waals surface area contributed by atoms with Crippen molar-refractivity contribution in [2.24, 2.45) is 0 Å². The highest BCUT2D eigenvalue weighted by molar-refractivity contribution is 5.94. The average molecular weight is 389 g/mol. The van der Waals surface area contributed by atoms with Crippen molar-refractivity contribution in [2.75, 3.05) is 25.5 Å². The lowest BCUT2D eigenvalue weighted by molar-refractivity contribution is 0.0940. The van der Waals surface area contributed by atoms with Crippen molar-refractivity contribution >= 4 is 17.4 Å². The van der Waals surface area contributed by atoms with Crippen LogP contribution in [0.25, 0.3) is 11.3 Å². The van der Waals surface area contributed by atoms with Gasteiger partial charge in [0.05, 0.1) is 12.8 Å². The van der Waals surface area contributed by atoms with Crippen LogP contribution in [-0.4, -0.2) is 42.1 Å². The Balaban J connectivity index is 1.46. The lowest BCUT2D eigenvalue weighted by Gasteiger charge is -2.12. The minimum atomic E-state index is -0.0502. The van der Waals surface area contributed by atoms with E-state index < -0.39 is 0 Å². The van der Waals surface area contributed by atoms with Gasteiger partial charge >= 0.3 is 0 Å². The van der Waals surface area contributed by atoms with Crippen LogP contribution in [0.4, 0.5) is 11.5 Å². The molecule has 3 N–H and O–H groups in total. The molecule has 0 saturated carbocycles. The Labute approximate surface area is 169 Å². The van der Waals surface area contributed by atoms with Crippen molar-refractivity contribution < 1.29 is 9.53 Å². The van der Waals surface area contributed by atoms with Gasteiger partial charge in [-0.15, -0.1) is 0 Å². The Hall–Kier alpha value is -3.45. The minimum Gasteiger partial charge on any atom is -0.496 e. The predicted molar refractivity (Wildman–Crippen MR) is 112 cm³/mol. The van der Waals surface area contributed by atoms with Crippen LogP contribution in [0.5, 0.6) is 5.75 Å². The number of benzene rings is 2.